The Morgan fingerprint density at radius 1 is 1.00 bits per heavy atom. The van der Waals surface area contributed by atoms with Crippen molar-refractivity contribution in [3.8, 4) is 17.2 Å². The number of ketones is 1. The van der Waals surface area contributed by atoms with E-state index in [2.05, 4.69) is 0 Å². The number of hydrogen-bond donors (Lipinski definition) is 0. The molecular weight excluding hydrogens is 423 g/mol. The van der Waals surface area contributed by atoms with E-state index in [-0.39, 0.29) is 18.1 Å². The Morgan fingerprint density at radius 3 is 2.37 bits per heavy atom. The molecule has 0 bridgehead atoms. The summed E-state index contributed by atoms with van der Waals surface area (Å²) in [6, 6.07) is 16.2. The molecule has 4 rings (SSSR count). The molecule has 30 heavy (non-hydrogen) atoms. The predicted molar refractivity (Wildman–Crippen MR) is 118 cm³/mol. The topological polar surface area (TPSA) is 44.8 Å². The van der Waals surface area contributed by atoms with E-state index in [1.165, 1.54) is 0 Å². The van der Waals surface area contributed by atoms with E-state index in [4.69, 9.17) is 37.4 Å². The fraction of sp³-hybridized carbons (Fsp3) is 0.125. The Hall–Kier alpha value is -2.95. The van der Waals surface area contributed by atoms with Gasteiger partial charge in [-0.1, -0.05) is 41.4 Å². The number of ether oxygens (including phenoxy) is 3. The quantitative estimate of drug-likeness (QED) is 0.424. The molecule has 4 nitrogen and oxygen atoms in total. The van der Waals surface area contributed by atoms with E-state index < -0.39 is 0 Å². The SMILES string of the molecule is COc1ccc(/C=C2\Oc3cc(OCc4c(Cl)cccc4Cl)cc(C)c3C2=O)cc1. The molecule has 0 saturated heterocycles. The number of methoxy groups -OCH3 is 1. The molecule has 1 heterocycles. The zero-order valence-corrected chi connectivity index (χ0v) is 17.9. The summed E-state index contributed by atoms with van der Waals surface area (Å²) in [6.45, 7) is 2.06. The van der Waals surface area contributed by atoms with Crippen LogP contribution in [0.15, 0.2) is 60.4 Å². The van der Waals surface area contributed by atoms with E-state index in [0.717, 1.165) is 16.9 Å². The van der Waals surface area contributed by atoms with Crippen LogP contribution in [0.2, 0.25) is 10.0 Å². The van der Waals surface area contributed by atoms with Crippen LogP contribution in [0, 0.1) is 6.92 Å². The van der Waals surface area contributed by atoms with Crippen molar-refractivity contribution in [2.45, 2.75) is 13.5 Å². The molecule has 3 aromatic rings. The van der Waals surface area contributed by atoms with Gasteiger partial charge in [-0.15, -0.1) is 0 Å². The highest BCUT2D eigenvalue weighted by molar-refractivity contribution is 6.35. The van der Waals surface area contributed by atoms with Gasteiger partial charge in [0, 0.05) is 21.7 Å². The second-order valence-electron chi connectivity index (χ2n) is 6.82. The molecule has 0 N–H and O–H groups in total. The minimum Gasteiger partial charge on any atom is -0.497 e. The van der Waals surface area contributed by atoms with Crippen LogP contribution in [0.5, 0.6) is 17.2 Å². The van der Waals surface area contributed by atoms with Crippen molar-refractivity contribution >= 4 is 35.1 Å². The minimum absolute atomic E-state index is 0.154. The lowest BCUT2D eigenvalue weighted by Crippen LogP contribution is -2.00. The number of carbonyl (C=O) groups is 1. The van der Waals surface area contributed by atoms with Crippen LogP contribution < -0.4 is 14.2 Å². The normalized spacial score (nSPS) is 13.9. The number of aryl methyl sites for hydroxylation is 1. The fourth-order valence-electron chi connectivity index (χ4n) is 3.24. The van der Waals surface area contributed by atoms with Crippen molar-refractivity contribution in [1.82, 2.24) is 0 Å². The maximum absolute atomic E-state index is 12.8. The van der Waals surface area contributed by atoms with E-state index in [9.17, 15) is 4.79 Å². The first kappa shape index (κ1) is 20.3. The maximum Gasteiger partial charge on any atom is 0.232 e. The van der Waals surface area contributed by atoms with Gasteiger partial charge in [0.25, 0.3) is 0 Å². The third-order valence-corrected chi connectivity index (χ3v) is 5.51. The van der Waals surface area contributed by atoms with Crippen LogP contribution in [-0.4, -0.2) is 12.9 Å². The molecule has 0 radical (unpaired) electrons. The molecule has 0 aliphatic carbocycles. The van der Waals surface area contributed by atoms with Gasteiger partial charge in [-0.2, -0.15) is 0 Å². The van der Waals surface area contributed by atoms with E-state index >= 15 is 0 Å². The van der Waals surface area contributed by atoms with Crippen LogP contribution in [0.1, 0.15) is 27.0 Å². The number of carbonyl (C=O) groups excluding carboxylic acids is 1. The molecule has 1 aliphatic heterocycles. The van der Waals surface area contributed by atoms with Crippen molar-refractivity contribution < 1.29 is 19.0 Å². The summed E-state index contributed by atoms with van der Waals surface area (Å²) in [6.07, 6.45) is 1.71. The third kappa shape index (κ3) is 4.02. The molecule has 0 aromatic heterocycles. The summed E-state index contributed by atoms with van der Waals surface area (Å²) < 4.78 is 16.9. The Bertz CT molecular complexity index is 1130. The highest BCUT2D eigenvalue weighted by Crippen LogP contribution is 2.38. The first-order valence-corrected chi connectivity index (χ1v) is 10.0. The van der Waals surface area contributed by atoms with Gasteiger partial charge in [0.1, 0.15) is 23.9 Å². The highest BCUT2D eigenvalue weighted by atomic mass is 35.5. The van der Waals surface area contributed by atoms with Crippen molar-refractivity contribution in [2.75, 3.05) is 7.11 Å². The predicted octanol–water partition coefficient (Wildman–Crippen LogP) is 6.51. The third-order valence-electron chi connectivity index (χ3n) is 4.80. The van der Waals surface area contributed by atoms with Gasteiger partial charge < -0.3 is 14.2 Å². The lowest BCUT2D eigenvalue weighted by atomic mass is 10.0. The Labute approximate surface area is 184 Å². The van der Waals surface area contributed by atoms with Crippen LogP contribution in [0.25, 0.3) is 6.08 Å². The number of halogens is 2. The van der Waals surface area contributed by atoms with Crippen molar-refractivity contribution in [2.24, 2.45) is 0 Å². The van der Waals surface area contributed by atoms with Crippen LogP contribution in [-0.2, 0) is 6.61 Å². The van der Waals surface area contributed by atoms with Gasteiger partial charge in [0.15, 0.2) is 5.76 Å². The summed E-state index contributed by atoms with van der Waals surface area (Å²) >= 11 is 12.4. The molecule has 0 saturated carbocycles. The molecule has 0 unspecified atom stereocenters. The van der Waals surface area contributed by atoms with Crippen molar-refractivity contribution in [1.29, 1.82) is 0 Å². The Balaban J connectivity index is 1.57. The molecule has 0 spiro atoms. The second kappa shape index (κ2) is 8.42. The molecule has 3 aromatic carbocycles. The smallest absolute Gasteiger partial charge is 0.232 e. The number of Topliss-reactive ketones (excluding diaryl/α,β-unsaturated/α-hetero) is 1. The zero-order valence-electron chi connectivity index (χ0n) is 16.4. The molecule has 6 heteroatoms. The van der Waals surface area contributed by atoms with Crippen LogP contribution >= 0.6 is 23.2 Å². The first-order valence-electron chi connectivity index (χ1n) is 9.25. The standard InChI is InChI=1S/C24H18Cl2O4/c1-14-10-17(29-13-18-19(25)4-3-5-20(18)26)12-21-23(14)24(27)22(30-21)11-15-6-8-16(28-2)9-7-15/h3-12H,13H2,1-2H3/b22-11-. The summed E-state index contributed by atoms with van der Waals surface area (Å²) in [7, 11) is 1.61. The number of allylic oxidation sites excluding steroid dienone is 1. The monoisotopic (exact) mass is 440 g/mol. The average molecular weight is 441 g/mol. The number of fused-ring (bicyclic) bond motifs is 1. The molecule has 1 aliphatic rings. The number of hydrogen-bond acceptors (Lipinski definition) is 4. The van der Waals surface area contributed by atoms with Gasteiger partial charge in [-0.3, -0.25) is 4.79 Å². The van der Waals surface area contributed by atoms with Gasteiger partial charge >= 0.3 is 0 Å². The van der Waals surface area contributed by atoms with Gasteiger partial charge in [0.05, 0.1) is 12.7 Å². The average Bonchev–Trinajstić information content (AvgIpc) is 3.04. The summed E-state index contributed by atoms with van der Waals surface area (Å²) in [5.41, 5.74) is 2.86. The summed E-state index contributed by atoms with van der Waals surface area (Å²) in [4.78, 5) is 12.8. The summed E-state index contributed by atoms with van der Waals surface area (Å²) in [5.74, 6) is 1.90. The van der Waals surface area contributed by atoms with Crippen molar-refractivity contribution in [3.63, 3.8) is 0 Å². The lowest BCUT2D eigenvalue weighted by molar-refractivity contribution is 0.101. The minimum atomic E-state index is -0.154. The van der Waals surface area contributed by atoms with Crippen LogP contribution in [0.3, 0.4) is 0 Å². The number of rotatable bonds is 5. The molecule has 0 amide bonds. The zero-order chi connectivity index (χ0) is 21.3. The van der Waals surface area contributed by atoms with E-state index in [1.54, 1.807) is 43.5 Å². The molecule has 0 atom stereocenters. The highest BCUT2D eigenvalue weighted by Gasteiger charge is 2.30. The Morgan fingerprint density at radius 2 is 1.70 bits per heavy atom. The summed E-state index contributed by atoms with van der Waals surface area (Å²) in [5, 5.41) is 1.08. The largest absolute Gasteiger partial charge is 0.497 e. The van der Waals surface area contributed by atoms with E-state index in [0.29, 0.717) is 32.7 Å². The van der Waals surface area contributed by atoms with Gasteiger partial charge in [0.2, 0.25) is 5.78 Å². The maximum atomic E-state index is 12.8. The van der Waals surface area contributed by atoms with E-state index in [1.807, 2.05) is 31.2 Å². The lowest BCUT2D eigenvalue weighted by Gasteiger charge is -2.11. The number of benzene rings is 3. The van der Waals surface area contributed by atoms with Crippen LogP contribution in [0.4, 0.5) is 0 Å². The molecular formula is C24H18Cl2O4. The van der Waals surface area contributed by atoms with Crippen molar-refractivity contribution in [3.05, 3.63) is 92.7 Å². The molecule has 0 fully saturated rings. The van der Waals surface area contributed by atoms with Gasteiger partial charge in [-0.05, 0) is 54.5 Å². The molecule has 152 valence electrons. The van der Waals surface area contributed by atoms with Gasteiger partial charge in [-0.25, -0.2) is 0 Å². The fourth-order valence-corrected chi connectivity index (χ4v) is 3.74. The first-order chi connectivity index (χ1) is 14.5. The second-order valence-corrected chi connectivity index (χ2v) is 7.63. The Kier molecular flexibility index (Phi) is 5.71.